The van der Waals surface area contributed by atoms with E-state index in [0.717, 1.165) is 43.2 Å². The minimum atomic E-state index is -5.07. The van der Waals surface area contributed by atoms with Crippen LogP contribution in [0.25, 0.3) is 0 Å². The van der Waals surface area contributed by atoms with Crippen LogP contribution < -0.4 is 15.4 Å². The number of para-hydroxylation sites is 1. The predicted molar refractivity (Wildman–Crippen MR) is 173 cm³/mol. The highest BCUT2D eigenvalue weighted by atomic mass is 35.5. The van der Waals surface area contributed by atoms with E-state index in [4.69, 9.17) is 16.3 Å². The summed E-state index contributed by atoms with van der Waals surface area (Å²) >= 11 is 6.09. The molecule has 12 nitrogen and oxygen atoms in total. The van der Waals surface area contributed by atoms with E-state index in [1.165, 1.54) is 4.90 Å². The van der Waals surface area contributed by atoms with Gasteiger partial charge in [-0.2, -0.15) is 0 Å². The third-order valence-electron chi connectivity index (χ3n) is 8.57. The van der Waals surface area contributed by atoms with Gasteiger partial charge in [0.15, 0.2) is 5.85 Å². The Bertz CT molecular complexity index is 1400. The number of fused-ring (bicyclic) bond motifs is 1. The Kier molecular flexibility index (Phi) is 12.9. The van der Waals surface area contributed by atoms with E-state index in [2.05, 4.69) is 10.6 Å². The maximum absolute atomic E-state index is 13.7. The normalized spacial score (nSPS) is 17.5. The number of carbonyl (C=O) groups is 3. The molecule has 0 saturated heterocycles. The summed E-state index contributed by atoms with van der Waals surface area (Å²) in [7, 11) is -3.49. The summed E-state index contributed by atoms with van der Waals surface area (Å²) in [4.78, 5) is 62.8. The number of amides is 4. The molecule has 1 heterocycles. The third-order valence-corrected chi connectivity index (χ3v) is 9.85. The number of nitrogens with zero attached hydrogens (tertiary/aromatic N) is 2. The van der Waals surface area contributed by atoms with Crippen molar-refractivity contribution in [3.05, 3.63) is 64.7 Å². The third kappa shape index (κ3) is 10.4. The van der Waals surface area contributed by atoms with Gasteiger partial charge in [0.25, 0.3) is 0 Å². The fraction of sp³-hybridized carbons (Fsp3) is 0.531. The Hall–Kier alpha value is -3.15. The summed E-state index contributed by atoms with van der Waals surface area (Å²) in [5.41, 5.74) is 1.63. The first-order valence-electron chi connectivity index (χ1n) is 15.7. The molecule has 1 saturated carbocycles. The Morgan fingerprint density at radius 1 is 1.09 bits per heavy atom. The molecule has 2 aliphatic rings. The van der Waals surface area contributed by atoms with Crippen LogP contribution in [0.15, 0.2) is 48.5 Å². The van der Waals surface area contributed by atoms with Gasteiger partial charge in [-0.05, 0) is 42.5 Å². The van der Waals surface area contributed by atoms with Crippen molar-refractivity contribution >= 4 is 37.0 Å². The van der Waals surface area contributed by atoms with Crippen LogP contribution in [0.4, 0.5) is 4.79 Å². The molecule has 4 rings (SSSR count). The molecule has 3 unspecified atom stereocenters. The monoisotopic (exact) mass is 678 g/mol. The molecule has 0 spiro atoms. The lowest BCUT2D eigenvalue weighted by Gasteiger charge is -2.31. The average Bonchev–Trinajstić information content (AvgIpc) is 3.25. The van der Waals surface area contributed by atoms with Gasteiger partial charge in [-0.25, -0.2) is 4.79 Å². The smallest absolute Gasteiger partial charge is 0.355 e. The van der Waals surface area contributed by atoms with Crippen LogP contribution in [-0.4, -0.2) is 80.7 Å². The van der Waals surface area contributed by atoms with E-state index in [1.54, 1.807) is 30.1 Å². The topological polar surface area (TPSA) is 169 Å². The Labute approximate surface area is 274 Å². The molecule has 2 aromatic rings. The number of ether oxygens (including phenoxy) is 1. The van der Waals surface area contributed by atoms with E-state index >= 15 is 0 Å². The zero-order chi connectivity index (χ0) is 33.3. The van der Waals surface area contributed by atoms with Gasteiger partial charge >= 0.3 is 13.6 Å². The molecule has 0 radical (unpaired) electrons. The number of aliphatic hydroxyl groups is 1. The number of aliphatic hydroxyl groups excluding tert-OH is 1. The van der Waals surface area contributed by atoms with E-state index in [1.807, 2.05) is 30.3 Å². The molecule has 1 fully saturated rings. The van der Waals surface area contributed by atoms with Crippen molar-refractivity contribution in [3.63, 3.8) is 0 Å². The van der Waals surface area contributed by atoms with Crippen molar-refractivity contribution in [2.24, 2.45) is 5.92 Å². The molecule has 0 aromatic heterocycles. The summed E-state index contributed by atoms with van der Waals surface area (Å²) in [5, 5.41) is 16.5. The van der Waals surface area contributed by atoms with Gasteiger partial charge < -0.3 is 40.1 Å². The van der Waals surface area contributed by atoms with Gasteiger partial charge in [0, 0.05) is 37.1 Å². The fourth-order valence-corrected chi connectivity index (χ4v) is 6.92. The molecule has 4 amide bonds. The maximum atomic E-state index is 13.7. The standard InChI is InChI=1S/C32H44ClN4O8P/c1-36(20-23-10-7-12-25(33)18-23)32(41)35-27(19-22-8-3-2-4-9-22)30(39)34-26(31(40)46(42,43)44)14-15-29(38)37-16-17-45-28-13-6-5-11-24(28)21-37/h5-7,10-13,18,22,26-27,31,40H,2-4,8-9,14-17,19-21H2,1H3,(H,34,39)(H,35,41)(H2,42,43,44). The van der Waals surface area contributed by atoms with Crippen LogP contribution in [0, 0.1) is 5.92 Å². The summed E-state index contributed by atoms with van der Waals surface area (Å²) in [5.74, 6) is -2.38. The van der Waals surface area contributed by atoms with Crippen molar-refractivity contribution in [2.75, 3.05) is 20.2 Å². The second-order valence-electron chi connectivity index (χ2n) is 12.2. The van der Waals surface area contributed by atoms with Gasteiger partial charge in [-0.3, -0.25) is 14.2 Å². The minimum absolute atomic E-state index is 0.169. The number of rotatable bonds is 12. The zero-order valence-corrected chi connectivity index (χ0v) is 27.7. The molecule has 46 heavy (non-hydrogen) atoms. The first kappa shape index (κ1) is 35.7. The zero-order valence-electron chi connectivity index (χ0n) is 26.0. The largest absolute Gasteiger partial charge is 0.491 e. The summed E-state index contributed by atoms with van der Waals surface area (Å²) in [6.07, 6.45) is 4.81. The van der Waals surface area contributed by atoms with Crippen LogP contribution in [0.3, 0.4) is 0 Å². The Morgan fingerprint density at radius 2 is 1.83 bits per heavy atom. The van der Waals surface area contributed by atoms with Gasteiger partial charge in [0.1, 0.15) is 18.4 Å². The Morgan fingerprint density at radius 3 is 2.54 bits per heavy atom. The van der Waals surface area contributed by atoms with Crippen molar-refractivity contribution in [2.45, 2.75) is 82.4 Å². The van der Waals surface area contributed by atoms with Crippen LogP contribution in [0.2, 0.25) is 5.02 Å². The highest BCUT2D eigenvalue weighted by molar-refractivity contribution is 7.52. The number of hydrogen-bond acceptors (Lipinski definition) is 6. The predicted octanol–water partition coefficient (Wildman–Crippen LogP) is 4.00. The van der Waals surface area contributed by atoms with E-state index in [9.17, 15) is 33.8 Å². The number of nitrogens with one attached hydrogen (secondary N) is 2. The number of carbonyl (C=O) groups excluding carboxylic acids is 3. The molecule has 2 aromatic carbocycles. The quantitative estimate of drug-likeness (QED) is 0.210. The van der Waals surface area contributed by atoms with Crippen LogP contribution in [0.1, 0.15) is 62.5 Å². The van der Waals surface area contributed by atoms with Gasteiger partial charge in [-0.15, -0.1) is 0 Å². The van der Waals surface area contributed by atoms with Gasteiger partial charge in [0.05, 0.1) is 12.6 Å². The number of halogens is 1. The molecule has 252 valence electrons. The first-order valence-corrected chi connectivity index (χ1v) is 17.7. The van der Waals surface area contributed by atoms with Crippen LogP contribution >= 0.6 is 19.2 Å². The van der Waals surface area contributed by atoms with E-state index in [0.29, 0.717) is 30.3 Å². The molecular weight excluding hydrogens is 635 g/mol. The van der Waals surface area contributed by atoms with E-state index in [-0.39, 0.29) is 37.8 Å². The average molecular weight is 679 g/mol. The number of benzene rings is 2. The molecule has 1 aliphatic heterocycles. The van der Waals surface area contributed by atoms with E-state index < -0.39 is 37.5 Å². The van der Waals surface area contributed by atoms with Crippen LogP contribution in [-0.2, 0) is 27.2 Å². The highest BCUT2D eigenvalue weighted by Crippen LogP contribution is 2.42. The van der Waals surface area contributed by atoms with Crippen LogP contribution in [0.5, 0.6) is 5.75 Å². The van der Waals surface area contributed by atoms with Crippen molar-refractivity contribution < 1.29 is 38.6 Å². The Balaban J connectivity index is 1.45. The van der Waals surface area contributed by atoms with Gasteiger partial charge in [-0.1, -0.05) is 74.0 Å². The van der Waals surface area contributed by atoms with Crippen molar-refractivity contribution in [1.29, 1.82) is 0 Å². The van der Waals surface area contributed by atoms with Gasteiger partial charge in [0.2, 0.25) is 11.8 Å². The second-order valence-corrected chi connectivity index (χ2v) is 14.3. The summed E-state index contributed by atoms with van der Waals surface area (Å²) in [6, 6.07) is 11.5. The molecule has 5 N–H and O–H groups in total. The lowest BCUT2D eigenvalue weighted by Crippen LogP contribution is -2.55. The number of urea groups is 1. The molecule has 14 heteroatoms. The fourth-order valence-electron chi connectivity index (χ4n) is 6.02. The molecule has 0 bridgehead atoms. The van der Waals surface area contributed by atoms with Crippen molar-refractivity contribution in [1.82, 2.24) is 20.4 Å². The lowest BCUT2D eigenvalue weighted by atomic mass is 9.84. The summed E-state index contributed by atoms with van der Waals surface area (Å²) < 4.78 is 17.9. The first-order chi connectivity index (χ1) is 21.9. The number of hydrogen-bond donors (Lipinski definition) is 5. The SMILES string of the molecule is CN(Cc1cccc(Cl)c1)C(=O)NC(CC1CCCCC1)C(=O)NC(CCC(=O)N1CCOc2ccccc2C1)C(O)P(=O)(O)O. The molecule has 3 atom stereocenters. The molecule has 1 aliphatic carbocycles. The maximum Gasteiger partial charge on any atom is 0.355 e. The van der Waals surface area contributed by atoms with Crippen molar-refractivity contribution in [3.8, 4) is 5.75 Å². The second kappa shape index (κ2) is 16.6. The summed E-state index contributed by atoms with van der Waals surface area (Å²) in [6.45, 7) is 1.12. The minimum Gasteiger partial charge on any atom is -0.491 e. The lowest BCUT2D eigenvalue weighted by molar-refractivity contribution is -0.132. The highest BCUT2D eigenvalue weighted by Gasteiger charge is 2.38. The molecular formula is C32H44ClN4O8P.